The maximum atomic E-state index is 13.1. The molecule has 0 heterocycles. The van der Waals surface area contributed by atoms with Crippen LogP contribution in [-0.2, 0) is 4.79 Å². The first-order chi connectivity index (χ1) is 12.2. The molecule has 0 aliphatic heterocycles. The van der Waals surface area contributed by atoms with E-state index in [1.165, 1.54) is 48.5 Å². The molecule has 0 saturated carbocycles. The van der Waals surface area contributed by atoms with E-state index in [0.717, 1.165) is 6.08 Å². The van der Waals surface area contributed by atoms with Gasteiger partial charge in [-0.25, -0.2) is 4.39 Å². The van der Waals surface area contributed by atoms with Crippen molar-refractivity contribution in [3.8, 4) is 0 Å². The quantitative estimate of drug-likeness (QED) is 0.625. The minimum Gasteiger partial charge on any atom is -0.343 e. The highest BCUT2D eigenvalue weighted by Crippen LogP contribution is 2.17. The van der Waals surface area contributed by atoms with Gasteiger partial charge in [0, 0.05) is 6.08 Å². The Balaban J connectivity index is 2.07. The normalized spacial score (nSPS) is 11.4. The van der Waals surface area contributed by atoms with Crippen LogP contribution in [0.4, 0.5) is 23.2 Å². The lowest BCUT2D eigenvalue weighted by molar-refractivity contribution is -0.123. The van der Waals surface area contributed by atoms with Crippen molar-refractivity contribution in [2.45, 2.75) is 6.18 Å². The highest BCUT2D eigenvalue weighted by Gasteiger charge is 2.28. The summed E-state index contributed by atoms with van der Waals surface area (Å²) in [6.45, 7) is -1.48. The van der Waals surface area contributed by atoms with E-state index in [4.69, 9.17) is 0 Å². The Morgan fingerprint density at radius 2 is 1.77 bits per heavy atom. The molecule has 0 bridgehead atoms. The number of nitrogens with one attached hydrogen (secondary N) is 2. The van der Waals surface area contributed by atoms with Gasteiger partial charge < -0.3 is 10.6 Å². The van der Waals surface area contributed by atoms with Crippen molar-refractivity contribution in [1.82, 2.24) is 5.32 Å². The van der Waals surface area contributed by atoms with E-state index < -0.39 is 30.4 Å². The smallest absolute Gasteiger partial charge is 0.343 e. The van der Waals surface area contributed by atoms with Gasteiger partial charge in [0.25, 0.3) is 5.91 Å². The summed E-state index contributed by atoms with van der Waals surface area (Å²) < 4.78 is 49.7. The zero-order chi connectivity index (χ0) is 19.2. The van der Waals surface area contributed by atoms with Crippen molar-refractivity contribution in [2.75, 3.05) is 11.9 Å². The van der Waals surface area contributed by atoms with Crippen molar-refractivity contribution in [1.29, 1.82) is 0 Å². The Labute approximate surface area is 146 Å². The minimum absolute atomic E-state index is 0.0565. The first-order valence-electron chi connectivity index (χ1n) is 7.43. The molecule has 0 fully saturated rings. The summed E-state index contributed by atoms with van der Waals surface area (Å²) in [5, 5.41) is 4.15. The number of para-hydroxylation sites is 1. The van der Waals surface area contributed by atoms with Crippen molar-refractivity contribution in [3.63, 3.8) is 0 Å². The fourth-order valence-electron chi connectivity index (χ4n) is 2.02. The first kappa shape index (κ1) is 19.2. The van der Waals surface area contributed by atoms with Gasteiger partial charge in [0.05, 0.1) is 11.3 Å². The second kappa shape index (κ2) is 8.28. The zero-order valence-electron chi connectivity index (χ0n) is 13.3. The predicted octanol–water partition coefficient (Wildman–Crippen LogP) is 3.77. The van der Waals surface area contributed by atoms with Crippen molar-refractivity contribution in [3.05, 3.63) is 71.6 Å². The third kappa shape index (κ3) is 6.04. The zero-order valence-corrected chi connectivity index (χ0v) is 13.3. The summed E-state index contributed by atoms with van der Waals surface area (Å²) in [7, 11) is 0. The Bertz CT molecular complexity index is 832. The summed E-state index contributed by atoms with van der Waals surface area (Å²) in [4.78, 5) is 23.8. The van der Waals surface area contributed by atoms with Crippen molar-refractivity contribution in [2.24, 2.45) is 0 Å². The van der Waals surface area contributed by atoms with E-state index >= 15 is 0 Å². The Morgan fingerprint density at radius 3 is 2.46 bits per heavy atom. The summed E-state index contributed by atoms with van der Waals surface area (Å²) in [6.07, 6.45) is -2.05. The van der Waals surface area contributed by atoms with Gasteiger partial charge in [0.15, 0.2) is 0 Å². The number of rotatable bonds is 5. The minimum atomic E-state index is -4.54. The van der Waals surface area contributed by atoms with Gasteiger partial charge in [0.2, 0.25) is 5.91 Å². The maximum absolute atomic E-state index is 13.1. The number of halogens is 4. The SMILES string of the molecule is O=C(/C=C/c1cccc(F)c1)Nc1ccccc1C(=O)NCC(F)(F)F. The van der Waals surface area contributed by atoms with E-state index in [9.17, 15) is 27.2 Å². The number of hydrogen-bond donors (Lipinski definition) is 2. The second-order valence-corrected chi connectivity index (χ2v) is 5.22. The van der Waals surface area contributed by atoms with E-state index in [-0.39, 0.29) is 11.3 Å². The molecule has 8 heteroatoms. The molecule has 4 nitrogen and oxygen atoms in total. The molecule has 2 aromatic carbocycles. The van der Waals surface area contributed by atoms with Gasteiger partial charge in [0.1, 0.15) is 12.4 Å². The first-order valence-corrected chi connectivity index (χ1v) is 7.43. The molecule has 0 aliphatic carbocycles. The highest BCUT2D eigenvalue weighted by molar-refractivity contribution is 6.07. The van der Waals surface area contributed by atoms with Crippen LogP contribution in [0.1, 0.15) is 15.9 Å². The van der Waals surface area contributed by atoms with Crippen LogP contribution >= 0.6 is 0 Å². The molecule has 0 unspecified atom stereocenters. The molecule has 2 rings (SSSR count). The van der Waals surface area contributed by atoms with Crippen molar-refractivity contribution >= 4 is 23.6 Å². The molecule has 2 N–H and O–H groups in total. The van der Waals surface area contributed by atoms with Crippen LogP contribution in [0, 0.1) is 5.82 Å². The average Bonchev–Trinajstić information content (AvgIpc) is 2.58. The van der Waals surface area contributed by atoms with Crippen LogP contribution in [0.3, 0.4) is 0 Å². The molecule has 2 amide bonds. The Kier molecular flexibility index (Phi) is 6.11. The topological polar surface area (TPSA) is 58.2 Å². The predicted molar refractivity (Wildman–Crippen MR) is 88.9 cm³/mol. The van der Waals surface area contributed by atoms with E-state index in [1.807, 2.05) is 0 Å². The molecule has 0 atom stereocenters. The number of carbonyl (C=O) groups excluding carboxylic acids is 2. The molecule has 136 valence electrons. The number of amides is 2. The molecule has 0 radical (unpaired) electrons. The monoisotopic (exact) mass is 366 g/mol. The van der Waals surface area contributed by atoms with Crippen LogP contribution in [-0.4, -0.2) is 24.5 Å². The average molecular weight is 366 g/mol. The van der Waals surface area contributed by atoms with E-state index in [1.54, 1.807) is 11.4 Å². The molecular formula is C18H14F4N2O2. The van der Waals surface area contributed by atoms with Gasteiger partial charge in [-0.2, -0.15) is 13.2 Å². The fourth-order valence-corrected chi connectivity index (χ4v) is 2.02. The van der Waals surface area contributed by atoms with E-state index in [0.29, 0.717) is 5.56 Å². The number of benzene rings is 2. The second-order valence-electron chi connectivity index (χ2n) is 5.22. The molecular weight excluding hydrogens is 352 g/mol. The Hall–Kier alpha value is -3.16. The van der Waals surface area contributed by atoms with Crippen molar-refractivity contribution < 1.29 is 27.2 Å². The molecule has 0 spiro atoms. The fraction of sp³-hybridized carbons (Fsp3) is 0.111. The highest BCUT2D eigenvalue weighted by atomic mass is 19.4. The number of hydrogen-bond acceptors (Lipinski definition) is 2. The largest absolute Gasteiger partial charge is 0.405 e. The number of carbonyl (C=O) groups is 2. The molecule has 0 aromatic heterocycles. The van der Waals surface area contributed by atoms with Crippen LogP contribution in [0.15, 0.2) is 54.6 Å². The van der Waals surface area contributed by atoms with E-state index in [2.05, 4.69) is 5.32 Å². The van der Waals surface area contributed by atoms with Crippen LogP contribution < -0.4 is 10.6 Å². The summed E-state index contributed by atoms with van der Waals surface area (Å²) in [5.74, 6) is -2.04. The summed E-state index contributed by atoms with van der Waals surface area (Å²) >= 11 is 0. The van der Waals surface area contributed by atoms with Gasteiger partial charge in [-0.05, 0) is 35.9 Å². The van der Waals surface area contributed by atoms with Gasteiger partial charge in [-0.15, -0.1) is 0 Å². The molecule has 0 aliphatic rings. The molecule has 26 heavy (non-hydrogen) atoms. The van der Waals surface area contributed by atoms with Crippen LogP contribution in [0.25, 0.3) is 6.08 Å². The lowest BCUT2D eigenvalue weighted by atomic mass is 10.1. The van der Waals surface area contributed by atoms with Gasteiger partial charge in [-0.1, -0.05) is 24.3 Å². The standard InChI is InChI=1S/C18H14F4N2O2/c19-13-5-3-4-12(10-13)8-9-16(25)24-15-7-2-1-6-14(15)17(26)23-11-18(20,21)22/h1-10H,11H2,(H,23,26)(H,24,25)/b9-8+. The third-order valence-corrected chi connectivity index (χ3v) is 3.15. The summed E-state index contributed by atoms with van der Waals surface area (Å²) in [6, 6.07) is 11.2. The van der Waals surface area contributed by atoms with Gasteiger partial charge >= 0.3 is 6.18 Å². The lowest BCUT2D eigenvalue weighted by Gasteiger charge is -2.11. The summed E-state index contributed by atoms with van der Waals surface area (Å²) in [5.41, 5.74) is 0.404. The molecule has 2 aromatic rings. The van der Waals surface area contributed by atoms with Crippen LogP contribution in [0.5, 0.6) is 0 Å². The number of anilines is 1. The maximum Gasteiger partial charge on any atom is 0.405 e. The van der Waals surface area contributed by atoms with Gasteiger partial charge in [-0.3, -0.25) is 9.59 Å². The lowest BCUT2D eigenvalue weighted by Crippen LogP contribution is -2.34. The van der Waals surface area contributed by atoms with Crippen LogP contribution in [0.2, 0.25) is 0 Å². The third-order valence-electron chi connectivity index (χ3n) is 3.15. The molecule has 0 saturated heterocycles. The Morgan fingerprint density at radius 1 is 1.04 bits per heavy atom. The number of alkyl halides is 3.